The van der Waals surface area contributed by atoms with Gasteiger partial charge in [0.2, 0.25) is 10.0 Å². The van der Waals surface area contributed by atoms with Crippen LogP contribution in [-0.2, 0) is 10.0 Å². The molecule has 0 spiro atoms. The zero-order chi connectivity index (χ0) is 17.9. The summed E-state index contributed by atoms with van der Waals surface area (Å²) in [6, 6.07) is 7.27. The van der Waals surface area contributed by atoms with Crippen LogP contribution in [0.25, 0.3) is 0 Å². The summed E-state index contributed by atoms with van der Waals surface area (Å²) in [6.45, 7) is 3.89. The van der Waals surface area contributed by atoms with E-state index in [0.717, 1.165) is 36.8 Å². The maximum atomic E-state index is 12.6. The third-order valence-corrected chi connectivity index (χ3v) is 6.12. The molecule has 2 aromatic rings. The summed E-state index contributed by atoms with van der Waals surface area (Å²) in [5.41, 5.74) is 2.06. The Hall–Kier alpha value is -1.99. The molecule has 1 heterocycles. The molecule has 1 aliphatic carbocycles. The highest BCUT2D eigenvalue weighted by atomic mass is 32.2. The van der Waals surface area contributed by atoms with Crippen molar-refractivity contribution in [2.45, 2.75) is 56.6 Å². The lowest BCUT2D eigenvalue weighted by Gasteiger charge is -2.28. The van der Waals surface area contributed by atoms with Crippen molar-refractivity contribution in [3.63, 3.8) is 0 Å². The smallest absolute Gasteiger partial charge is 0.316 e. The molecule has 3 rings (SSSR count). The van der Waals surface area contributed by atoms with Gasteiger partial charge < -0.3 is 4.74 Å². The van der Waals surface area contributed by atoms with E-state index in [1.807, 2.05) is 19.9 Å². The van der Waals surface area contributed by atoms with Gasteiger partial charge in [-0.25, -0.2) is 23.1 Å². The van der Waals surface area contributed by atoms with Crippen molar-refractivity contribution in [2.75, 3.05) is 0 Å². The van der Waals surface area contributed by atoms with Crippen LogP contribution in [0.3, 0.4) is 0 Å². The fourth-order valence-electron chi connectivity index (χ4n) is 2.96. The van der Waals surface area contributed by atoms with E-state index >= 15 is 0 Å². The monoisotopic (exact) mass is 361 g/mol. The van der Waals surface area contributed by atoms with Crippen LogP contribution in [0.15, 0.2) is 41.6 Å². The molecule has 0 atom stereocenters. The minimum Gasteiger partial charge on any atom is -0.460 e. The SMILES string of the molecule is Cc1ccc(S(=O)(=O)NC2CCC(Oc3ncccn3)CC2)cc1C. The fourth-order valence-corrected chi connectivity index (χ4v) is 4.35. The summed E-state index contributed by atoms with van der Waals surface area (Å²) in [6.07, 6.45) is 6.35. The maximum absolute atomic E-state index is 12.6. The molecule has 6 nitrogen and oxygen atoms in total. The largest absolute Gasteiger partial charge is 0.460 e. The minimum absolute atomic E-state index is 0.0322. The quantitative estimate of drug-likeness (QED) is 0.886. The Morgan fingerprint density at radius 3 is 2.36 bits per heavy atom. The van der Waals surface area contributed by atoms with E-state index in [1.165, 1.54) is 0 Å². The van der Waals surface area contributed by atoms with Crippen LogP contribution >= 0.6 is 0 Å². The Kier molecular flexibility index (Phi) is 5.34. The van der Waals surface area contributed by atoms with Crippen LogP contribution in [-0.4, -0.2) is 30.5 Å². The molecule has 1 N–H and O–H groups in total. The lowest BCUT2D eigenvalue weighted by Crippen LogP contribution is -2.39. The highest BCUT2D eigenvalue weighted by Crippen LogP contribution is 2.24. The molecule has 0 bridgehead atoms. The number of rotatable bonds is 5. The number of hydrogen-bond acceptors (Lipinski definition) is 5. The van der Waals surface area contributed by atoms with E-state index in [2.05, 4.69) is 14.7 Å². The molecule has 7 heteroatoms. The first-order chi connectivity index (χ1) is 11.9. The van der Waals surface area contributed by atoms with Gasteiger partial charge >= 0.3 is 6.01 Å². The fraction of sp³-hybridized carbons (Fsp3) is 0.444. The molecule has 1 aromatic heterocycles. The number of sulfonamides is 1. The van der Waals surface area contributed by atoms with Crippen LogP contribution in [0.4, 0.5) is 0 Å². The van der Waals surface area contributed by atoms with E-state index in [-0.39, 0.29) is 12.1 Å². The first-order valence-corrected chi connectivity index (χ1v) is 9.95. The zero-order valence-electron chi connectivity index (χ0n) is 14.5. The van der Waals surface area contributed by atoms with Crippen molar-refractivity contribution in [3.05, 3.63) is 47.8 Å². The predicted octanol–water partition coefficient (Wildman–Crippen LogP) is 2.76. The number of ether oxygens (including phenoxy) is 1. The molecule has 1 fully saturated rings. The van der Waals surface area contributed by atoms with E-state index in [0.29, 0.717) is 10.9 Å². The molecular weight excluding hydrogens is 338 g/mol. The van der Waals surface area contributed by atoms with Crippen molar-refractivity contribution < 1.29 is 13.2 Å². The molecule has 0 amide bonds. The van der Waals surface area contributed by atoms with Gasteiger partial charge in [0.25, 0.3) is 0 Å². The van der Waals surface area contributed by atoms with Gasteiger partial charge in [-0.05, 0) is 68.9 Å². The Bertz CT molecular complexity index is 817. The summed E-state index contributed by atoms with van der Waals surface area (Å²) < 4.78 is 33.7. The Balaban J connectivity index is 1.57. The number of benzene rings is 1. The Morgan fingerprint density at radius 2 is 1.72 bits per heavy atom. The van der Waals surface area contributed by atoms with Gasteiger partial charge in [-0.1, -0.05) is 6.07 Å². The summed E-state index contributed by atoms with van der Waals surface area (Å²) in [5, 5.41) is 0. The second-order valence-electron chi connectivity index (χ2n) is 6.49. The van der Waals surface area contributed by atoms with E-state index in [9.17, 15) is 8.42 Å². The standard InChI is InChI=1S/C18H23N3O3S/c1-13-4-9-17(12-14(13)2)25(22,23)21-15-5-7-16(8-6-15)24-18-19-10-3-11-20-18/h3-4,9-12,15-16,21H,5-8H2,1-2H3. The minimum atomic E-state index is -3.49. The molecule has 134 valence electrons. The third-order valence-electron chi connectivity index (χ3n) is 4.60. The average Bonchev–Trinajstić information content (AvgIpc) is 2.60. The van der Waals surface area contributed by atoms with Crippen molar-refractivity contribution >= 4 is 10.0 Å². The topological polar surface area (TPSA) is 81.2 Å². The van der Waals surface area contributed by atoms with Gasteiger partial charge in [0.15, 0.2) is 0 Å². The van der Waals surface area contributed by atoms with E-state index in [4.69, 9.17) is 4.74 Å². The lowest BCUT2D eigenvalue weighted by molar-refractivity contribution is 0.132. The second-order valence-corrected chi connectivity index (χ2v) is 8.20. The summed E-state index contributed by atoms with van der Waals surface area (Å²) in [5.74, 6) is 0. The molecule has 25 heavy (non-hydrogen) atoms. The van der Waals surface area contributed by atoms with Crippen LogP contribution in [0.2, 0.25) is 0 Å². The summed E-state index contributed by atoms with van der Waals surface area (Å²) in [4.78, 5) is 8.45. The van der Waals surface area contributed by atoms with Crippen LogP contribution in [0.1, 0.15) is 36.8 Å². The molecule has 0 aliphatic heterocycles. The first kappa shape index (κ1) is 17.8. The van der Waals surface area contributed by atoms with Crippen LogP contribution in [0, 0.1) is 13.8 Å². The average molecular weight is 361 g/mol. The number of nitrogens with zero attached hydrogens (tertiary/aromatic N) is 2. The van der Waals surface area contributed by atoms with Gasteiger partial charge in [0.1, 0.15) is 6.10 Å². The Labute approximate surface area is 148 Å². The van der Waals surface area contributed by atoms with Gasteiger partial charge in [0.05, 0.1) is 4.90 Å². The van der Waals surface area contributed by atoms with Crippen molar-refractivity contribution in [3.8, 4) is 6.01 Å². The molecule has 0 radical (unpaired) electrons. The van der Waals surface area contributed by atoms with Gasteiger partial charge in [0, 0.05) is 18.4 Å². The van der Waals surface area contributed by atoms with Crippen molar-refractivity contribution in [1.82, 2.24) is 14.7 Å². The highest BCUT2D eigenvalue weighted by Gasteiger charge is 2.27. The number of nitrogens with one attached hydrogen (secondary N) is 1. The van der Waals surface area contributed by atoms with Gasteiger partial charge in [-0.15, -0.1) is 0 Å². The molecule has 1 saturated carbocycles. The summed E-state index contributed by atoms with van der Waals surface area (Å²) in [7, 11) is -3.49. The van der Waals surface area contributed by atoms with Gasteiger partial charge in [-0.3, -0.25) is 0 Å². The molecule has 0 unspecified atom stereocenters. The molecule has 1 aliphatic rings. The summed E-state index contributed by atoms with van der Waals surface area (Å²) >= 11 is 0. The van der Waals surface area contributed by atoms with E-state index in [1.54, 1.807) is 30.6 Å². The van der Waals surface area contributed by atoms with Crippen LogP contribution in [0.5, 0.6) is 6.01 Å². The van der Waals surface area contributed by atoms with Crippen molar-refractivity contribution in [1.29, 1.82) is 0 Å². The van der Waals surface area contributed by atoms with Gasteiger partial charge in [-0.2, -0.15) is 0 Å². The number of hydrogen-bond donors (Lipinski definition) is 1. The zero-order valence-corrected chi connectivity index (χ0v) is 15.3. The highest BCUT2D eigenvalue weighted by molar-refractivity contribution is 7.89. The maximum Gasteiger partial charge on any atom is 0.316 e. The third kappa shape index (κ3) is 4.55. The Morgan fingerprint density at radius 1 is 1.04 bits per heavy atom. The second kappa shape index (κ2) is 7.49. The first-order valence-electron chi connectivity index (χ1n) is 8.47. The van der Waals surface area contributed by atoms with E-state index < -0.39 is 10.0 Å². The molecule has 0 saturated heterocycles. The molecule has 1 aromatic carbocycles. The number of aromatic nitrogens is 2. The number of aryl methyl sites for hydroxylation is 2. The van der Waals surface area contributed by atoms with Crippen molar-refractivity contribution in [2.24, 2.45) is 0 Å². The molecular formula is C18H23N3O3S. The predicted molar refractivity (Wildman–Crippen MR) is 94.9 cm³/mol. The lowest BCUT2D eigenvalue weighted by atomic mass is 9.94. The van der Waals surface area contributed by atoms with Crippen LogP contribution < -0.4 is 9.46 Å². The normalized spacial score (nSPS) is 21.0.